The van der Waals surface area contributed by atoms with Gasteiger partial charge in [0, 0.05) is 0 Å². The van der Waals surface area contributed by atoms with Crippen molar-refractivity contribution in [2.75, 3.05) is 0 Å². The lowest BCUT2D eigenvalue weighted by Crippen LogP contribution is -2.66. The Bertz CT molecular complexity index is 398. The average Bonchev–Trinajstić information content (AvgIpc) is 3.02. The zero-order valence-electron chi connectivity index (χ0n) is 11.6. The molecule has 3 saturated heterocycles. The number of carbonyl (C=O) groups excluding carboxylic acids is 2. The van der Waals surface area contributed by atoms with E-state index >= 15 is 0 Å². The van der Waals surface area contributed by atoms with Gasteiger partial charge in [0.2, 0.25) is 11.8 Å². The van der Waals surface area contributed by atoms with Crippen LogP contribution < -0.4 is 5.32 Å². The first-order valence-corrected chi connectivity index (χ1v) is 7.43. The Morgan fingerprint density at radius 3 is 2.58 bits per heavy atom. The van der Waals surface area contributed by atoms with E-state index in [4.69, 9.17) is 4.74 Å². The van der Waals surface area contributed by atoms with Crippen molar-refractivity contribution in [2.45, 2.75) is 76.3 Å². The third-order valence-electron chi connectivity index (χ3n) is 4.73. The van der Waals surface area contributed by atoms with Crippen LogP contribution in [0.1, 0.15) is 46.0 Å². The maximum absolute atomic E-state index is 12.6. The van der Waals surface area contributed by atoms with Gasteiger partial charge in [-0.15, -0.1) is 0 Å². The molecule has 5 unspecified atom stereocenters. The summed E-state index contributed by atoms with van der Waals surface area (Å²) < 4.78 is 5.86. The SMILES string of the molecule is CCC1NC(=O)C(CC)N(C2CC3CCC2O3)C1=O. The minimum absolute atomic E-state index is 0.00303. The third kappa shape index (κ3) is 1.95. The molecule has 19 heavy (non-hydrogen) atoms. The second-order valence-corrected chi connectivity index (χ2v) is 5.82. The fourth-order valence-corrected chi connectivity index (χ4v) is 3.75. The highest BCUT2D eigenvalue weighted by Crippen LogP contribution is 2.39. The minimum atomic E-state index is -0.352. The zero-order chi connectivity index (χ0) is 13.6. The topological polar surface area (TPSA) is 58.6 Å². The van der Waals surface area contributed by atoms with Gasteiger partial charge in [-0.05, 0) is 32.1 Å². The molecule has 1 N–H and O–H groups in total. The molecule has 3 aliphatic rings. The molecule has 0 aliphatic carbocycles. The van der Waals surface area contributed by atoms with E-state index in [1.54, 1.807) is 0 Å². The van der Waals surface area contributed by atoms with Gasteiger partial charge >= 0.3 is 0 Å². The predicted octanol–water partition coefficient (Wildman–Crippen LogP) is 0.822. The van der Waals surface area contributed by atoms with Gasteiger partial charge in [0.05, 0.1) is 18.2 Å². The van der Waals surface area contributed by atoms with E-state index in [9.17, 15) is 9.59 Å². The van der Waals surface area contributed by atoms with Gasteiger partial charge in [-0.1, -0.05) is 13.8 Å². The summed E-state index contributed by atoms with van der Waals surface area (Å²) in [6, 6.07) is -0.561. The summed E-state index contributed by atoms with van der Waals surface area (Å²) in [6.45, 7) is 3.90. The molecular formula is C14H22N2O3. The number of piperazine rings is 1. The van der Waals surface area contributed by atoms with E-state index in [1.165, 1.54) is 0 Å². The van der Waals surface area contributed by atoms with Crippen LogP contribution in [0.5, 0.6) is 0 Å². The monoisotopic (exact) mass is 266 g/mol. The van der Waals surface area contributed by atoms with E-state index in [2.05, 4.69) is 5.32 Å². The molecule has 0 aromatic carbocycles. The number of ether oxygens (including phenoxy) is 1. The number of hydrogen-bond acceptors (Lipinski definition) is 3. The number of fused-ring (bicyclic) bond motifs is 2. The van der Waals surface area contributed by atoms with Gasteiger partial charge in [-0.2, -0.15) is 0 Å². The second-order valence-electron chi connectivity index (χ2n) is 5.82. The van der Waals surface area contributed by atoms with Crippen LogP contribution in [-0.2, 0) is 14.3 Å². The number of hydrogen-bond donors (Lipinski definition) is 1. The van der Waals surface area contributed by atoms with E-state index in [0.29, 0.717) is 18.9 Å². The van der Waals surface area contributed by atoms with Crippen LogP contribution >= 0.6 is 0 Å². The Balaban J connectivity index is 1.86. The van der Waals surface area contributed by atoms with Gasteiger partial charge in [0.15, 0.2) is 0 Å². The molecule has 5 heteroatoms. The molecule has 5 atom stereocenters. The van der Waals surface area contributed by atoms with Crippen LogP contribution in [0.15, 0.2) is 0 Å². The summed E-state index contributed by atoms with van der Waals surface area (Å²) in [7, 11) is 0. The predicted molar refractivity (Wildman–Crippen MR) is 69.4 cm³/mol. The van der Waals surface area contributed by atoms with Crippen molar-refractivity contribution in [1.29, 1.82) is 0 Å². The average molecular weight is 266 g/mol. The smallest absolute Gasteiger partial charge is 0.246 e. The lowest BCUT2D eigenvalue weighted by Gasteiger charge is -2.43. The van der Waals surface area contributed by atoms with Gasteiger partial charge < -0.3 is 15.0 Å². The van der Waals surface area contributed by atoms with Crippen molar-refractivity contribution in [2.24, 2.45) is 0 Å². The fourth-order valence-electron chi connectivity index (χ4n) is 3.75. The van der Waals surface area contributed by atoms with E-state index < -0.39 is 0 Å². The Labute approximate surface area is 113 Å². The summed E-state index contributed by atoms with van der Waals surface area (Å²) in [4.78, 5) is 26.6. The van der Waals surface area contributed by atoms with Crippen LogP contribution in [0.3, 0.4) is 0 Å². The van der Waals surface area contributed by atoms with Gasteiger partial charge in [0.25, 0.3) is 0 Å². The molecule has 106 valence electrons. The van der Waals surface area contributed by atoms with Crippen LogP contribution in [0.2, 0.25) is 0 Å². The summed E-state index contributed by atoms with van der Waals surface area (Å²) in [6.07, 6.45) is 4.78. The molecule has 5 nitrogen and oxygen atoms in total. The lowest BCUT2D eigenvalue weighted by molar-refractivity contribution is -0.153. The quantitative estimate of drug-likeness (QED) is 0.823. The van der Waals surface area contributed by atoms with Crippen LogP contribution in [0, 0.1) is 0 Å². The standard InChI is InChI=1S/C14H22N2O3/c1-3-9-14(18)16(10(4-2)13(17)15-9)11-7-8-5-6-12(11)19-8/h8-12H,3-7H2,1-2H3,(H,15,17). The summed E-state index contributed by atoms with van der Waals surface area (Å²) in [5, 5.41) is 2.84. The summed E-state index contributed by atoms with van der Waals surface area (Å²) in [5.74, 6) is 0.0758. The highest BCUT2D eigenvalue weighted by molar-refractivity contribution is 5.97. The van der Waals surface area contributed by atoms with Crippen LogP contribution in [0.25, 0.3) is 0 Å². The highest BCUT2D eigenvalue weighted by atomic mass is 16.5. The number of nitrogens with zero attached hydrogens (tertiary/aromatic N) is 1. The maximum atomic E-state index is 12.6. The number of rotatable bonds is 3. The molecule has 0 aromatic rings. The molecule has 3 rings (SSSR count). The molecule has 3 heterocycles. The third-order valence-corrected chi connectivity index (χ3v) is 4.73. The number of amides is 2. The Hall–Kier alpha value is -1.10. The van der Waals surface area contributed by atoms with Crippen molar-refractivity contribution in [3.63, 3.8) is 0 Å². The molecule has 3 aliphatic heterocycles. The molecule has 3 fully saturated rings. The molecule has 2 bridgehead atoms. The maximum Gasteiger partial charge on any atom is 0.246 e. The van der Waals surface area contributed by atoms with E-state index in [0.717, 1.165) is 19.3 Å². The Morgan fingerprint density at radius 1 is 1.26 bits per heavy atom. The van der Waals surface area contributed by atoms with Gasteiger partial charge in [-0.25, -0.2) is 0 Å². The Kier molecular flexibility index (Phi) is 3.25. The summed E-state index contributed by atoms with van der Waals surface area (Å²) in [5.41, 5.74) is 0. The first kappa shape index (κ1) is 12.9. The van der Waals surface area contributed by atoms with Crippen LogP contribution in [0.4, 0.5) is 0 Å². The van der Waals surface area contributed by atoms with Crippen molar-refractivity contribution in [3.8, 4) is 0 Å². The molecular weight excluding hydrogens is 244 g/mol. The van der Waals surface area contributed by atoms with Gasteiger partial charge in [0.1, 0.15) is 12.1 Å². The fraction of sp³-hybridized carbons (Fsp3) is 0.857. The molecule has 0 spiro atoms. The normalized spacial score (nSPS) is 41.8. The molecule has 0 saturated carbocycles. The van der Waals surface area contributed by atoms with Crippen LogP contribution in [-0.4, -0.2) is 47.0 Å². The van der Waals surface area contributed by atoms with Crippen molar-refractivity contribution < 1.29 is 14.3 Å². The van der Waals surface area contributed by atoms with E-state index in [1.807, 2.05) is 18.7 Å². The first-order chi connectivity index (χ1) is 9.15. The molecule has 0 radical (unpaired) electrons. The molecule has 2 amide bonds. The largest absolute Gasteiger partial charge is 0.373 e. The second kappa shape index (κ2) is 4.78. The molecule has 0 aromatic heterocycles. The van der Waals surface area contributed by atoms with Crippen molar-refractivity contribution >= 4 is 11.8 Å². The lowest BCUT2D eigenvalue weighted by atomic mass is 9.90. The number of nitrogens with one attached hydrogen (secondary N) is 1. The zero-order valence-corrected chi connectivity index (χ0v) is 11.6. The van der Waals surface area contributed by atoms with Crippen molar-refractivity contribution in [3.05, 3.63) is 0 Å². The van der Waals surface area contributed by atoms with Crippen molar-refractivity contribution in [1.82, 2.24) is 10.2 Å². The Morgan fingerprint density at radius 2 is 2.05 bits per heavy atom. The summed E-state index contributed by atoms with van der Waals surface area (Å²) >= 11 is 0. The minimum Gasteiger partial charge on any atom is -0.373 e. The van der Waals surface area contributed by atoms with Gasteiger partial charge in [-0.3, -0.25) is 9.59 Å². The first-order valence-electron chi connectivity index (χ1n) is 7.43. The number of carbonyl (C=O) groups is 2. The highest BCUT2D eigenvalue weighted by Gasteiger charge is 2.50. The van der Waals surface area contributed by atoms with E-state index in [-0.39, 0.29) is 36.0 Å².